The second-order valence-electron chi connectivity index (χ2n) is 4.93. The number of fused-ring (bicyclic) bond motifs is 1. The first-order chi connectivity index (χ1) is 8.38. The van der Waals surface area contributed by atoms with Crippen LogP contribution < -0.4 is 5.32 Å². The molecule has 1 aromatic heterocycles. The molecule has 0 aliphatic rings. The van der Waals surface area contributed by atoms with Crippen LogP contribution in [0.5, 0.6) is 0 Å². The Bertz CT molecular complexity index is 590. The summed E-state index contributed by atoms with van der Waals surface area (Å²) in [7, 11) is 0. The first kappa shape index (κ1) is 12.9. The number of benzene rings is 1. The van der Waals surface area contributed by atoms with Crippen molar-refractivity contribution in [1.29, 1.82) is 0 Å². The van der Waals surface area contributed by atoms with Gasteiger partial charge in [-0.05, 0) is 29.3 Å². The topological polar surface area (TPSA) is 55.1 Å². The van der Waals surface area contributed by atoms with Gasteiger partial charge in [-0.15, -0.1) is 0 Å². The van der Waals surface area contributed by atoms with E-state index in [1.165, 1.54) is 0 Å². The van der Waals surface area contributed by atoms with Gasteiger partial charge < -0.3 is 9.73 Å². The summed E-state index contributed by atoms with van der Waals surface area (Å²) in [5.74, 6) is 0.647. The summed E-state index contributed by atoms with van der Waals surface area (Å²) in [6, 6.07) is 5.86. The van der Waals surface area contributed by atoms with Crippen LogP contribution in [0.25, 0.3) is 11.1 Å². The van der Waals surface area contributed by atoms with Crippen LogP contribution in [0.4, 0.5) is 4.79 Å². The maximum atomic E-state index is 10.8. The second kappa shape index (κ2) is 4.61. The first-order valence-corrected chi connectivity index (χ1v) is 6.07. The molecule has 96 valence electrons. The van der Waals surface area contributed by atoms with E-state index < -0.39 is 5.37 Å². The molecular formula is C13H15ClN2O2. The number of hydrogen-bond donors (Lipinski definition) is 1. The van der Waals surface area contributed by atoms with Gasteiger partial charge in [0.05, 0.1) is 0 Å². The minimum atomic E-state index is -0.540. The fraction of sp³-hybridized carbons (Fsp3) is 0.385. The zero-order chi connectivity index (χ0) is 13.3. The third kappa shape index (κ3) is 2.64. The smallest absolute Gasteiger partial charge is 0.313 e. The van der Waals surface area contributed by atoms with Crippen LogP contribution in [0.1, 0.15) is 25.3 Å². The monoisotopic (exact) mass is 266 g/mol. The lowest BCUT2D eigenvalue weighted by Crippen LogP contribution is -2.34. The van der Waals surface area contributed by atoms with Crippen LogP contribution in [-0.2, 0) is 5.41 Å². The van der Waals surface area contributed by atoms with Gasteiger partial charge in [0.2, 0.25) is 0 Å². The minimum Gasteiger partial charge on any atom is -0.441 e. The third-order valence-corrected chi connectivity index (χ3v) is 3.08. The van der Waals surface area contributed by atoms with Gasteiger partial charge in [-0.3, -0.25) is 4.79 Å². The Labute approximate surface area is 110 Å². The highest BCUT2D eigenvalue weighted by Crippen LogP contribution is 2.26. The van der Waals surface area contributed by atoms with E-state index in [9.17, 15) is 4.79 Å². The van der Waals surface area contributed by atoms with Gasteiger partial charge in [0.25, 0.3) is 0 Å². The Kier molecular flexibility index (Phi) is 3.30. The van der Waals surface area contributed by atoms with Crippen molar-refractivity contribution >= 4 is 28.1 Å². The molecule has 1 amide bonds. The van der Waals surface area contributed by atoms with E-state index in [0.717, 1.165) is 16.7 Å². The summed E-state index contributed by atoms with van der Waals surface area (Å²) in [5, 5.41) is 2.08. The molecule has 2 aromatic rings. The van der Waals surface area contributed by atoms with Gasteiger partial charge >= 0.3 is 5.37 Å². The van der Waals surface area contributed by atoms with Crippen LogP contribution in [-0.4, -0.2) is 16.9 Å². The van der Waals surface area contributed by atoms with E-state index >= 15 is 0 Å². The zero-order valence-corrected chi connectivity index (χ0v) is 11.3. The normalized spacial score (nSPS) is 11.8. The maximum absolute atomic E-state index is 10.8. The number of carbonyl (C=O) groups is 1. The Hall–Kier alpha value is -1.55. The summed E-state index contributed by atoms with van der Waals surface area (Å²) in [6.07, 6.45) is 0. The zero-order valence-electron chi connectivity index (χ0n) is 10.6. The van der Waals surface area contributed by atoms with E-state index in [1.807, 2.05) is 39.0 Å². The molecule has 4 nitrogen and oxygen atoms in total. The van der Waals surface area contributed by atoms with Crippen LogP contribution in [0, 0.1) is 6.92 Å². The van der Waals surface area contributed by atoms with Gasteiger partial charge in [0, 0.05) is 18.9 Å². The number of oxazole rings is 1. The predicted molar refractivity (Wildman–Crippen MR) is 71.0 cm³/mol. The highest BCUT2D eigenvalue weighted by Gasteiger charge is 2.22. The number of amides is 1. The Balaban J connectivity index is 2.31. The number of rotatable bonds is 3. The van der Waals surface area contributed by atoms with Gasteiger partial charge in [-0.1, -0.05) is 19.9 Å². The SMILES string of the molecule is Cc1nc2cc(C(C)(C)CNC(=O)Cl)ccc2o1. The molecule has 2 rings (SSSR count). The number of carbonyl (C=O) groups excluding carboxylic acids is 1. The highest BCUT2D eigenvalue weighted by atomic mass is 35.5. The molecule has 5 heteroatoms. The lowest BCUT2D eigenvalue weighted by Gasteiger charge is -2.24. The average Bonchev–Trinajstić information content (AvgIpc) is 2.65. The summed E-state index contributed by atoms with van der Waals surface area (Å²) >= 11 is 5.29. The van der Waals surface area contributed by atoms with Crippen molar-refractivity contribution < 1.29 is 9.21 Å². The molecule has 1 N–H and O–H groups in total. The number of halogens is 1. The van der Waals surface area contributed by atoms with Crippen molar-refractivity contribution in [2.45, 2.75) is 26.2 Å². The second-order valence-corrected chi connectivity index (χ2v) is 5.27. The quantitative estimate of drug-likeness (QED) is 0.685. The molecule has 0 aliphatic heterocycles. The van der Waals surface area contributed by atoms with Crippen LogP contribution in [0.15, 0.2) is 22.6 Å². The van der Waals surface area contributed by atoms with Crippen molar-refractivity contribution in [3.05, 3.63) is 29.7 Å². The molecule has 0 unspecified atom stereocenters. The molecule has 0 aliphatic carbocycles. The molecule has 18 heavy (non-hydrogen) atoms. The van der Waals surface area contributed by atoms with Gasteiger partial charge in [0.15, 0.2) is 11.5 Å². The van der Waals surface area contributed by atoms with Crippen molar-refractivity contribution in [1.82, 2.24) is 10.3 Å². The standard InChI is InChI=1S/C13H15ClN2O2/c1-8-16-10-6-9(4-5-11(10)18-8)13(2,3)7-15-12(14)17/h4-6H,7H2,1-3H3,(H,15,17). The van der Waals surface area contributed by atoms with Crippen molar-refractivity contribution in [3.8, 4) is 0 Å². The number of aromatic nitrogens is 1. The predicted octanol–water partition coefficient (Wildman–Crippen LogP) is 3.36. The maximum Gasteiger partial charge on any atom is 0.313 e. The third-order valence-electron chi connectivity index (χ3n) is 2.95. The van der Waals surface area contributed by atoms with Crippen molar-refractivity contribution in [2.24, 2.45) is 0 Å². The molecule has 0 radical (unpaired) electrons. The van der Waals surface area contributed by atoms with Crippen molar-refractivity contribution in [2.75, 3.05) is 6.54 Å². The van der Waals surface area contributed by atoms with Crippen LogP contribution in [0.3, 0.4) is 0 Å². The molecule has 0 spiro atoms. The van der Waals surface area contributed by atoms with E-state index in [-0.39, 0.29) is 5.41 Å². The molecule has 1 aromatic carbocycles. The molecule has 1 heterocycles. The number of aryl methyl sites for hydroxylation is 1. The molecule has 0 saturated carbocycles. The van der Waals surface area contributed by atoms with Crippen LogP contribution in [0.2, 0.25) is 0 Å². The minimum absolute atomic E-state index is 0.217. The van der Waals surface area contributed by atoms with E-state index in [0.29, 0.717) is 12.4 Å². The summed E-state index contributed by atoms with van der Waals surface area (Å²) < 4.78 is 5.43. The van der Waals surface area contributed by atoms with E-state index in [2.05, 4.69) is 10.3 Å². The fourth-order valence-corrected chi connectivity index (χ4v) is 1.92. The molecule has 0 atom stereocenters. The van der Waals surface area contributed by atoms with Gasteiger partial charge in [-0.25, -0.2) is 4.98 Å². The Morgan fingerprint density at radius 1 is 1.50 bits per heavy atom. The van der Waals surface area contributed by atoms with E-state index in [4.69, 9.17) is 16.0 Å². The molecular weight excluding hydrogens is 252 g/mol. The summed E-state index contributed by atoms with van der Waals surface area (Å²) in [6.45, 7) is 6.36. The van der Waals surface area contributed by atoms with Crippen molar-refractivity contribution in [3.63, 3.8) is 0 Å². The molecule has 0 saturated heterocycles. The fourth-order valence-electron chi connectivity index (χ4n) is 1.86. The number of nitrogens with zero attached hydrogens (tertiary/aromatic N) is 1. The molecule has 0 fully saturated rings. The number of nitrogens with one attached hydrogen (secondary N) is 1. The first-order valence-electron chi connectivity index (χ1n) is 5.69. The van der Waals surface area contributed by atoms with Gasteiger partial charge in [0.1, 0.15) is 5.52 Å². The lowest BCUT2D eigenvalue weighted by molar-refractivity contribution is 0.257. The largest absolute Gasteiger partial charge is 0.441 e. The Morgan fingerprint density at radius 2 is 2.22 bits per heavy atom. The highest BCUT2D eigenvalue weighted by molar-refractivity contribution is 6.62. The number of hydrogen-bond acceptors (Lipinski definition) is 3. The van der Waals surface area contributed by atoms with Gasteiger partial charge in [-0.2, -0.15) is 0 Å². The summed E-state index contributed by atoms with van der Waals surface area (Å²) in [4.78, 5) is 15.1. The lowest BCUT2D eigenvalue weighted by atomic mass is 9.84. The van der Waals surface area contributed by atoms with E-state index in [1.54, 1.807) is 0 Å². The summed E-state index contributed by atoms with van der Waals surface area (Å²) in [5.41, 5.74) is 2.46. The average molecular weight is 267 g/mol. The Morgan fingerprint density at radius 3 is 2.89 bits per heavy atom. The van der Waals surface area contributed by atoms with Crippen LogP contribution >= 0.6 is 11.6 Å². The molecule has 0 bridgehead atoms.